The highest BCUT2D eigenvalue weighted by Crippen LogP contribution is 2.37. The molecule has 106 valence electrons. The summed E-state index contributed by atoms with van der Waals surface area (Å²) in [4.78, 5) is 0. The standard InChI is InChI=1S/C18H29N/c1-4-19-13-16-8-6-5-7-9-18(16)17-11-10-14(2)12-15(17)3/h10-12,16,18-19H,4-9,13H2,1-3H3. The van der Waals surface area contributed by atoms with Crippen LogP contribution in [0.3, 0.4) is 0 Å². The van der Waals surface area contributed by atoms with Gasteiger partial charge in [-0.05, 0) is 62.7 Å². The number of aryl methyl sites for hydroxylation is 2. The molecule has 2 rings (SSSR count). The fraction of sp³-hybridized carbons (Fsp3) is 0.667. The van der Waals surface area contributed by atoms with Gasteiger partial charge in [0, 0.05) is 0 Å². The van der Waals surface area contributed by atoms with Crippen molar-refractivity contribution in [3.8, 4) is 0 Å². The first-order valence-corrected chi connectivity index (χ1v) is 8.00. The van der Waals surface area contributed by atoms with E-state index in [0.29, 0.717) is 0 Å². The van der Waals surface area contributed by atoms with E-state index in [0.717, 1.165) is 18.4 Å². The molecule has 19 heavy (non-hydrogen) atoms. The summed E-state index contributed by atoms with van der Waals surface area (Å²) >= 11 is 0. The molecule has 1 aliphatic carbocycles. The minimum absolute atomic E-state index is 0.766. The van der Waals surface area contributed by atoms with E-state index in [2.05, 4.69) is 44.3 Å². The second kappa shape index (κ2) is 7.09. The third kappa shape index (κ3) is 3.82. The zero-order chi connectivity index (χ0) is 13.7. The van der Waals surface area contributed by atoms with E-state index in [1.807, 2.05) is 0 Å². The minimum atomic E-state index is 0.766. The Morgan fingerprint density at radius 2 is 1.89 bits per heavy atom. The smallest absolute Gasteiger partial charge is 0.00148 e. The third-order valence-electron chi connectivity index (χ3n) is 4.64. The number of rotatable bonds is 4. The average Bonchev–Trinajstić information content (AvgIpc) is 2.62. The van der Waals surface area contributed by atoms with E-state index in [1.54, 1.807) is 5.56 Å². The van der Waals surface area contributed by atoms with Gasteiger partial charge in [0.15, 0.2) is 0 Å². The van der Waals surface area contributed by atoms with Crippen LogP contribution >= 0.6 is 0 Å². The van der Waals surface area contributed by atoms with Crippen molar-refractivity contribution in [2.75, 3.05) is 13.1 Å². The molecule has 0 radical (unpaired) electrons. The van der Waals surface area contributed by atoms with Gasteiger partial charge in [-0.3, -0.25) is 0 Å². The molecule has 1 fully saturated rings. The molecule has 1 N–H and O–H groups in total. The maximum absolute atomic E-state index is 3.58. The van der Waals surface area contributed by atoms with Crippen molar-refractivity contribution in [1.82, 2.24) is 5.32 Å². The lowest BCUT2D eigenvalue weighted by Crippen LogP contribution is -2.27. The molecule has 0 aromatic heterocycles. The van der Waals surface area contributed by atoms with Gasteiger partial charge in [0.2, 0.25) is 0 Å². The van der Waals surface area contributed by atoms with Crippen molar-refractivity contribution in [1.29, 1.82) is 0 Å². The number of nitrogens with one attached hydrogen (secondary N) is 1. The van der Waals surface area contributed by atoms with Crippen LogP contribution in [0, 0.1) is 19.8 Å². The van der Waals surface area contributed by atoms with Gasteiger partial charge in [0.25, 0.3) is 0 Å². The first kappa shape index (κ1) is 14.6. The quantitative estimate of drug-likeness (QED) is 0.781. The van der Waals surface area contributed by atoms with Gasteiger partial charge in [-0.1, -0.05) is 49.9 Å². The summed E-state index contributed by atoms with van der Waals surface area (Å²) in [6.45, 7) is 8.98. The van der Waals surface area contributed by atoms with E-state index in [4.69, 9.17) is 0 Å². The fourth-order valence-electron chi connectivity index (χ4n) is 3.61. The monoisotopic (exact) mass is 259 g/mol. The summed E-state index contributed by atoms with van der Waals surface area (Å²) in [5, 5.41) is 3.58. The van der Waals surface area contributed by atoms with Gasteiger partial charge < -0.3 is 5.32 Å². The van der Waals surface area contributed by atoms with Crippen LogP contribution in [0.2, 0.25) is 0 Å². The van der Waals surface area contributed by atoms with Gasteiger partial charge in [-0.2, -0.15) is 0 Å². The molecule has 2 unspecified atom stereocenters. The van der Waals surface area contributed by atoms with E-state index in [-0.39, 0.29) is 0 Å². The molecule has 0 amide bonds. The Morgan fingerprint density at radius 3 is 2.63 bits per heavy atom. The Hall–Kier alpha value is -0.820. The SMILES string of the molecule is CCNCC1CCCCCC1c1ccc(C)cc1C. The van der Waals surface area contributed by atoms with Crippen molar-refractivity contribution >= 4 is 0 Å². The topological polar surface area (TPSA) is 12.0 Å². The molecule has 1 saturated carbocycles. The third-order valence-corrected chi connectivity index (χ3v) is 4.64. The van der Waals surface area contributed by atoms with E-state index in [9.17, 15) is 0 Å². The summed E-state index contributed by atoms with van der Waals surface area (Å²) in [6, 6.07) is 7.03. The Labute approximate surface area is 118 Å². The van der Waals surface area contributed by atoms with Crippen LogP contribution in [0.5, 0.6) is 0 Å². The van der Waals surface area contributed by atoms with Crippen LogP contribution < -0.4 is 5.32 Å². The minimum Gasteiger partial charge on any atom is -0.317 e. The van der Waals surface area contributed by atoms with Crippen molar-refractivity contribution < 1.29 is 0 Å². The molecule has 0 aliphatic heterocycles. The number of hydrogen-bond acceptors (Lipinski definition) is 1. The predicted octanol–water partition coefficient (Wildman–Crippen LogP) is 4.58. The van der Waals surface area contributed by atoms with Gasteiger partial charge >= 0.3 is 0 Å². The Bertz CT molecular complexity index is 397. The molecule has 1 nitrogen and oxygen atoms in total. The summed E-state index contributed by atoms with van der Waals surface area (Å²) in [7, 11) is 0. The molecule has 0 spiro atoms. The average molecular weight is 259 g/mol. The predicted molar refractivity (Wildman–Crippen MR) is 83.8 cm³/mol. The van der Waals surface area contributed by atoms with Crippen LogP contribution in [-0.4, -0.2) is 13.1 Å². The Balaban J connectivity index is 2.20. The van der Waals surface area contributed by atoms with Crippen molar-refractivity contribution in [3.63, 3.8) is 0 Å². The fourth-order valence-corrected chi connectivity index (χ4v) is 3.61. The lowest BCUT2D eigenvalue weighted by Gasteiger charge is -2.27. The lowest BCUT2D eigenvalue weighted by molar-refractivity contribution is 0.378. The normalized spacial score (nSPS) is 24.2. The van der Waals surface area contributed by atoms with Crippen LogP contribution in [0.4, 0.5) is 0 Å². The van der Waals surface area contributed by atoms with Crippen LogP contribution in [0.1, 0.15) is 61.6 Å². The summed E-state index contributed by atoms with van der Waals surface area (Å²) in [5.74, 6) is 1.59. The molecule has 1 aliphatic rings. The molecule has 1 aromatic rings. The molecule has 0 heterocycles. The van der Waals surface area contributed by atoms with E-state index < -0.39 is 0 Å². The lowest BCUT2D eigenvalue weighted by atomic mass is 9.80. The molecular formula is C18H29N. The van der Waals surface area contributed by atoms with E-state index in [1.165, 1.54) is 49.8 Å². The van der Waals surface area contributed by atoms with E-state index >= 15 is 0 Å². The highest BCUT2D eigenvalue weighted by Gasteiger charge is 2.25. The largest absolute Gasteiger partial charge is 0.317 e. The Morgan fingerprint density at radius 1 is 1.11 bits per heavy atom. The first-order valence-electron chi connectivity index (χ1n) is 8.00. The van der Waals surface area contributed by atoms with Crippen LogP contribution in [-0.2, 0) is 0 Å². The summed E-state index contributed by atoms with van der Waals surface area (Å²) in [6.07, 6.45) is 7.01. The number of benzene rings is 1. The van der Waals surface area contributed by atoms with Gasteiger partial charge in [0.05, 0.1) is 0 Å². The maximum atomic E-state index is 3.58. The molecule has 0 bridgehead atoms. The molecular weight excluding hydrogens is 230 g/mol. The zero-order valence-corrected chi connectivity index (χ0v) is 12.8. The number of hydrogen-bond donors (Lipinski definition) is 1. The van der Waals surface area contributed by atoms with Gasteiger partial charge in [-0.15, -0.1) is 0 Å². The van der Waals surface area contributed by atoms with Crippen molar-refractivity contribution in [3.05, 3.63) is 34.9 Å². The molecule has 0 saturated heterocycles. The highest BCUT2D eigenvalue weighted by atomic mass is 14.8. The maximum Gasteiger partial charge on any atom is -0.00148 e. The zero-order valence-electron chi connectivity index (χ0n) is 12.8. The van der Waals surface area contributed by atoms with Crippen molar-refractivity contribution in [2.45, 2.75) is 58.8 Å². The first-order chi connectivity index (χ1) is 9.22. The Kier molecular flexibility index (Phi) is 5.45. The molecule has 1 aromatic carbocycles. The summed E-state index contributed by atoms with van der Waals surface area (Å²) < 4.78 is 0. The second-order valence-electron chi connectivity index (χ2n) is 6.17. The van der Waals surface area contributed by atoms with Crippen LogP contribution in [0.15, 0.2) is 18.2 Å². The van der Waals surface area contributed by atoms with Crippen LogP contribution in [0.25, 0.3) is 0 Å². The molecule has 2 atom stereocenters. The van der Waals surface area contributed by atoms with Gasteiger partial charge in [-0.25, -0.2) is 0 Å². The highest BCUT2D eigenvalue weighted by molar-refractivity contribution is 5.33. The summed E-state index contributed by atoms with van der Waals surface area (Å²) in [5.41, 5.74) is 4.49. The second-order valence-corrected chi connectivity index (χ2v) is 6.17. The van der Waals surface area contributed by atoms with Gasteiger partial charge in [0.1, 0.15) is 0 Å². The molecule has 1 heteroatoms. The van der Waals surface area contributed by atoms with Crippen molar-refractivity contribution in [2.24, 2.45) is 5.92 Å².